The summed E-state index contributed by atoms with van der Waals surface area (Å²) in [5.41, 5.74) is 2.65. The van der Waals surface area contributed by atoms with Crippen LogP contribution in [-0.4, -0.2) is 12.8 Å². The van der Waals surface area contributed by atoms with E-state index in [9.17, 15) is 0 Å². The molecule has 0 radical (unpaired) electrons. The minimum absolute atomic E-state index is 0. The topological polar surface area (TPSA) is 12.4 Å². The zero-order chi connectivity index (χ0) is 7.40. The molecule has 0 N–H and O–H groups in total. The predicted octanol–water partition coefficient (Wildman–Crippen LogP) is 2.38. The van der Waals surface area contributed by atoms with E-state index in [1.54, 1.807) is 0 Å². The number of hydrogen-bond donors (Lipinski definition) is 0. The van der Waals surface area contributed by atoms with Crippen LogP contribution in [0.4, 0.5) is 0 Å². The van der Waals surface area contributed by atoms with Gasteiger partial charge in [0.2, 0.25) is 0 Å². The van der Waals surface area contributed by atoms with E-state index in [-0.39, 0.29) is 21.1 Å². The van der Waals surface area contributed by atoms with E-state index in [1.807, 2.05) is 7.05 Å². The number of allylic oxidation sites excluding steroid dienone is 2. The van der Waals surface area contributed by atoms with E-state index in [4.69, 9.17) is 0 Å². The summed E-state index contributed by atoms with van der Waals surface area (Å²) in [6.07, 6.45) is 7.99. The van der Waals surface area contributed by atoms with Crippen molar-refractivity contribution in [1.29, 1.82) is 0 Å². The van der Waals surface area contributed by atoms with Gasteiger partial charge in [-0.2, -0.15) is 0 Å². The first-order valence-electron chi connectivity index (χ1n) is 3.94. The molecule has 0 unspecified atom stereocenters. The molecule has 0 heterocycles. The molecule has 0 aromatic carbocycles. The molecule has 0 aromatic heterocycles. The molecule has 1 nitrogen and oxygen atoms in total. The van der Waals surface area contributed by atoms with Gasteiger partial charge in [-0.1, -0.05) is 26.2 Å². The molecule has 1 saturated carbocycles. The van der Waals surface area contributed by atoms with Crippen LogP contribution in [0.2, 0.25) is 0 Å². The van der Waals surface area contributed by atoms with E-state index < -0.39 is 0 Å². The number of aliphatic imine (C=N–C) groups is 1. The Balaban J connectivity index is 0.000001000. The molecule has 0 aromatic rings. The standard InChI is InChI=1S/C9H14N.W/c1-3-5-8-6-4-7-9(8)10-2;/h3-4,6-7H2,1-2H3;/q-1;. The second kappa shape index (κ2) is 5.71. The van der Waals surface area contributed by atoms with Gasteiger partial charge in [0.25, 0.3) is 0 Å². The van der Waals surface area contributed by atoms with Crippen molar-refractivity contribution in [3.8, 4) is 0 Å². The Morgan fingerprint density at radius 1 is 1.45 bits per heavy atom. The fourth-order valence-corrected chi connectivity index (χ4v) is 1.38. The average molecular weight is 320 g/mol. The molecule has 11 heavy (non-hydrogen) atoms. The van der Waals surface area contributed by atoms with Crippen molar-refractivity contribution in [2.45, 2.75) is 32.6 Å². The number of nitrogens with zero attached hydrogens (tertiary/aromatic N) is 1. The molecule has 0 spiro atoms. The quantitative estimate of drug-likeness (QED) is 0.658. The third-order valence-corrected chi connectivity index (χ3v) is 1.85. The van der Waals surface area contributed by atoms with Gasteiger partial charge in [-0.05, 0) is 0 Å². The summed E-state index contributed by atoms with van der Waals surface area (Å²) in [5, 5.41) is 0. The van der Waals surface area contributed by atoms with Crippen LogP contribution in [0.5, 0.6) is 0 Å². The third-order valence-electron chi connectivity index (χ3n) is 1.85. The summed E-state index contributed by atoms with van der Waals surface area (Å²) in [7, 11) is 1.87. The Morgan fingerprint density at radius 3 is 2.73 bits per heavy atom. The van der Waals surface area contributed by atoms with Crippen LogP contribution in [0, 0.1) is 6.08 Å². The van der Waals surface area contributed by atoms with E-state index in [1.165, 1.54) is 30.5 Å². The van der Waals surface area contributed by atoms with Gasteiger partial charge in [0.05, 0.1) is 0 Å². The molecule has 1 rings (SSSR count). The SMILES string of the molecule is CC[C-]=C1CCCC1=NC.[W]. The summed E-state index contributed by atoms with van der Waals surface area (Å²) < 4.78 is 0. The zero-order valence-corrected chi connectivity index (χ0v) is 10.1. The summed E-state index contributed by atoms with van der Waals surface area (Å²) in [5.74, 6) is 0. The molecule has 62 valence electrons. The van der Waals surface area contributed by atoms with Crippen molar-refractivity contribution < 1.29 is 21.1 Å². The molecule has 1 fully saturated rings. The first kappa shape index (κ1) is 11.1. The molecule has 1 aliphatic rings. The summed E-state index contributed by atoms with van der Waals surface area (Å²) >= 11 is 0. The maximum Gasteiger partial charge on any atom is 0.00716 e. The van der Waals surface area contributed by atoms with E-state index in [0.717, 1.165) is 6.42 Å². The van der Waals surface area contributed by atoms with Crippen LogP contribution >= 0.6 is 0 Å². The number of rotatable bonds is 1. The fraction of sp³-hybridized carbons (Fsp3) is 0.667. The molecule has 1 aliphatic carbocycles. The second-order valence-corrected chi connectivity index (χ2v) is 2.53. The normalized spacial score (nSPS) is 24.2. The second-order valence-electron chi connectivity index (χ2n) is 2.53. The fourth-order valence-electron chi connectivity index (χ4n) is 1.38. The molecule has 0 saturated heterocycles. The molecule has 0 aliphatic heterocycles. The first-order chi connectivity index (χ1) is 4.88. The van der Waals surface area contributed by atoms with Crippen LogP contribution < -0.4 is 0 Å². The third kappa shape index (κ3) is 2.91. The number of hydrogen-bond acceptors (Lipinski definition) is 1. The summed E-state index contributed by atoms with van der Waals surface area (Å²) in [4.78, 5) is 4.20. The van der Waals surface area contributed by atoms with E-state index in [2.05, 4.69) is 18.0 Å². The van der Waals surface area contributed by atoms with Crippen molar-refractivity contribution in [2.24, 2.45) is 4.99 Å². The summed E-state index contributed by atoms with van der Waals surface area (Å²) in [6.45, 7) is 2.12. The monoisotopic (exact) mass is 320 g/mol. The average Bonchev–Trinajstić information content (AvgIpc) is 2.36. The van der Waals surface area contributed by atoms with Crippen molar-refractivity contribution in [2.75, 3.05) is 7.05 Å². The molecular weight excluding hydrogens is 306 g/mol. The zero-order valence-electron chi connectivity index (χ0n) is 7.18. The maximum absolute atomic E-state index is 4.20. The van der Waals surface area contributed by atoms with Gasteiger partial charge in [-0.3, -0.25) is 6.08 Å². The molecule has 0 bridgehead atoms. The molecule has 0 amide bonds. The Bertz CT molecular complexity index is 170. The van der Waals surface area contributed by atoms with Crippen LogP contribution in [0.25, 0.3) is 0 Å². The van der Waals surface area contributed by atoms with E-state index >= 15 is 0 Å². The van der Waals surface area contributed by atoms with Crippen molar-refractivity contribution in [1.82, 2.24) is 0 Å². The van der Waals surface area contributed by atoms with Gasteiger partial charge < -0.3 is 4.99 Å². The minimum Gasteiger partial charge on any atom is -0.386 e. The Hall–Kier alpha value is 0.0983. The molecule has 2 heteroatoms. The first-order valence-corrected chi connectivity index (χ1v) is 3.94. The molecule has 0 atom stereocenters. The Kier molecular flexibility index (Phi) is 5.76. The van der Waals surface area contributed by atoms with Crippen LogP contribution in [-0.2, 0) is 21.1 Å². The van der Waals surface area contributed by atoms with E-state index in [0.29, 0.717) is 0 Å². The molecular formula is C9H14NW-. The van der Waals surface area contributed by atoms with Gasteiger partial charge in [-0.15, -0.1) is 12.1 Å². The van der Waals surface area contributed by atoms with Crippen LogP contribution in [0.15, 0.2) is 10.6 Å². The van der Waals surface area contributed by atoms with Crippen molar-refractivity contribution in [3.05, 3.63) is 11.6 Å². The van der Waals surface area contributed by atoms with Gasteiger partial charge in [0.1, 0.15) is 0 Å². The van der Waals surface area contributed by atoms with Gasteiger partial charge >= 0.3 is 0 Å². The Labute approximate surface area is 83.2 Å². The van der Waals surface area contributed by atoms with Gasteiger partial charge in [-0.25, -0.2) is 5.57 Å². The van der Waals surface area contributed by atoms with Crippen molar-refractivity contribution in [3.63, 3.8) is 0 Å². The summed E-state index contributed by atoms with van der Waals surface area (Å²) in [6, 6.07) is 0. The largest absolute Gasteiger partial charge is 0.386 e. The van der Waals surface area contributed by atoms with Crippen molar-refractivity contribution >= 4 is 5.71 Å². The van der Waals surface area contributed by atoms with Crippen LogP contribution in [0.3, 0.4) is 0 Å². The smallest absolute Gasteiger partial charge is 0.00716 e. The predicted molar refractivity (Wildman–Crippen MR) is 44.3 cm³/mol. The maximum atomic E-state index is 4.20. The van der Waals surface area contributed by atoms with Crippen LogP contribution in [0.1, 0.15) is 32.6 Å². The van der Waals surface area contributed by atoms with Gasteiger partial charge in [0.15, 0.2) is 0 Å². The van der Waals surface area contributed by atoms with Gasteiger partial charge in [0, 0.05) is 28.1 Å². The Morgan fingerprint density at radius 2 is 2.18 bits per heavy atom. The minimum atomic E-state index is 0.